The van der Waals surface area contributed by atoms with Crippen LogP contribution in [0.4, 0.5) is 16.2 Å². The van der Waals surface area contributed by atoms with Gasteiger partial charge >= 0.3 is 6.09 Å². The molecule has 0 bridgehead atoms. The number of carbonyl (C=O) groups is 1. The summed E-state index contributed by atoms with van der Waals surface area (Å²) in [5, 5.41) is 2.81. The molecule has 1 atom stereocenters. The van der Waals surface area contributed by atoms with Gasteiger partial charge in [0, 0.05) is 37.6 Å². The molecule has 5 nitrogen and oxygen atoms in total. The SMILES string of the molecule is O=C1NC(c2ccc(N3CCN(c4ccccc4)CC3)cc2)CO1. The lowest BCUT2D eigenvalue weighted by Gasteiger charge is -2.37. The van der Waals surface area contributed by atoms with Gasteiger partial charge in [0.25, 0.3) is 0 Å². The Morgan fingerprint density at radius 2 is 1.42 bits per heavy atom. The van der Waals surface area contributed by atoms with E-state index in [-0.39, 0.29) is 12.1 Å². The number of alkyl carbamates (subject to hydrolysis) is 1. The predicted octanol–water partition coefficient (Wildman–Crippen LogP) is 2.79. The fourth-order valence-corrected chi connectivity index (χ4v) is 3.34. The zero-order chi connectivity index (χ0) is 16.4. The summed E-state index contributed by atoms with van der Waals surface area (Å²) < 4.78 is 4.95. The van der Waals surface area contributed by atoms with E-state index in [4.69, 9.17) is 4.74 Å². The third-order valence-corrected chi connectivity index (χ3v) is 4.73. The van der Waals surface area contributed by atoms with Gasteiger partial charge in [0.2, 0.25) is 0 Å². The topological polar surface area (TPSA) is 44.8 Å². The number of hydrogen-bond donors (Lipinski definition) is 1. The monoisotopic (exact) mass is 323 g/mol. The zero-order valence-electron chi connectivity index (χ0n) is 13.5. The minimum atomic E-state index is -0.332. The van der Waals surface area contributed by atoms with Crippen LogP contribution in [0.3, 0.4) is 0 Å². The first-order chi connectivity index (χ1) is 11.8. The van der Waals surface area contributed by atoms with Gasteiger partial charge in [-0.1, -0.05) is 30.3 Å². The minimum absolute atomic E-state index is 0.0264. The molecule has 2 aromatic carbocycles. The number of cyclic esters (lactones) is 1. The molecule has 1 N–H and O–H groups in total. The Balaban J connectivity index is 1.38. The number of rotatable bonds is 3. The van der Waals surface area contributed by atoms with Crippen molar-refractivity contribution in [2.24, 2.45) is 0 Å². The number of para-hydroxylation sites is 1. The van der Waals surface area contributed by atoms with Crippen molar-refractivity contribution < 1.29 is 9.53 Å². The van der Waals surface area contributed by atoms with Crippen LogP contribution in [0.25, 0.3) is 0 Å². The minimum Gasteiger partial charge on any atom is -0.447 e. The number of carbonyl (C=O) groups excluding carboxylic acids is 1. The van der Waals surface area contributed by atoms with E-state index < -0.39 is 0 Å². The summed E-state index contributed by atoms with van der Waals surface area (Å²) >= 11 is 0. The molecule has 2 aliphatic rings. The van der Waals surface area contributed by atoms with E-state index in [0.29, 0.717) is 6.61 Å². The van der Waals surface area contributed by atoms with Crippen molar-refractivity contribution in [3.05, 3.63) is 60.2 Å². The third kappa shape index (κ3) is 3.02. The molecule has 0 radical (unpaired) electrons. The molecule has 0 spiro atoms. The zero-order valence-corrected chi connectivity index (χ0v) is 13.5. The van der Waals surface area contributed by atoms with Crippen molar-refractivity contribution in [1.82, 2.24) is 5.32 Å². The highest BCUT2D eigenvalue weighted by Gasteiger charge is 2.24. The van der Waals surface area contributed by atoms with Crippen LogP contribution in [-0.2, 0) is 4.74 Å². The van der Waals surface area contributed by atoms with E-state index in [0.717, 1.165) is 31.7 Å². The number of hydrogen-bond acceptors (Lipinski definition) is 4. The van der Waals surface area contributed by atoms with Gasteiger partial charge in [-0.25, -0.2) is 4.79 Å². The lowest BCUT2D eigenvalue weighted by Crippen LogP contribution is -2.46. The third-order valence-electron chi connectivity index (χ3n) is 4.73. The van der Waals surface area contributed by atoms with E-state index >= 15 is 0 Å². The Hall–Kier alpha value is -2.69. The Kier molecular flexibility index (Phi) is 3.99. The number of amides is 1. The second-order valence-electron chi connectivity index (χ2n) is 6.20. The van der Waals surface area contributed by atoms with Crippen LogP contribution in [0.5, 0.6) is 0 Å². The molecule has 4 rings (SSSR count). The summed E-state index contributed by atoms with van der Waals surface area (Å²) in [5.41, 5.74) is 3.62. The highest BCUT2D eigenvalue weighted by atomic mass is 16.6. The number of nitrogens with zero attached hydrogens (tertiary/aromatic N) is 2. The largest absolute Gasteiger partial charge is 0.447 e. The number of ether oxygens (including phenoxy) is 1. The van der Waals surface area contributed by atoms with Crippen LogP contribution >= 0.6 is 0 Å². The fourth-order valence-electron chi connectivity index (χ4n) is 3.34. The van der Waals surface area contributed by atoms with Gasteiger partial charge in [0.1, 0.15) is 6.61 Å². The quantitative estimate of drug-likeness (QED) is 0.943. The Labute approximate surface area is 141 Å². The number of anilines is 2. The number of nitrogens with one attached hydrogen (secondary N) is 1. The molecule has 1 unspecified atom stereocenters. The normalized spacial score (nSPS) is 20.7. The molecular formula is C19H21N3O2. The molecule has 2 aromatic rings. The molecule has 2 saturated heterocycles. The van der Waals surface area contributed by atoms with Crippen LogP contribution < -0.4 is 15.1 Å². The summed E-state index contributed by atoms with van der Waals surface area (Å²) in [5.74, 6) is 0. The standard InChI is InChI=1S/C19H21N3O2/c23-19-20-18(14-24-19)15-6-8-17(9-7-15)22-12-10-21(11-13-22)16-4-2-1-3-5-16/h1-9,18H,10-14H2,(H,20,23). The van der Waals surface area contributed by atoms with Gasteiger partial charge in [-0.2, -0.15) is 0 Å². The fraction of sp³-hybridized carbons (Fsp3) is 0.316. The average Bonchev–Trinajstić information content (AvgIpc) is 3.09. The molecule has 2 heterocycles. The van der Waals surface area contributed by atoms with Gasteiger partial charge < -0.3 is 19.9 Å². The van der Waals surface area contributed by atoms with Crippen molar-refractivity contribution in [2.75, 3.05) is 42.6 Å². The summed E-state index contributed by atoms with van der Waals surface area (Å²) in [7, 11) is 0. The van der Waals surface area contributed by atoms with E-state index in [1.807, 2.05) is 0 Å². The van der Waals surface area contributed by atoms with Crippen LogP contribution in [0.15, 0.2) is 54.6 Å². The second kappa shape index (κ2) is 6.43. The van der Waals surface area contributed by atoms with Crippen molar-refractivity contribution in [2.45, 2.75) is 6.04 Å². The van der Waals surface area contributed by atoms with E-state index in [1.165, 1.54) is 11.4 Å². The van der Waals surface area contributed by atoms with Gasteiger partial charge in [-0.3, -0.25) is 0 Å². The van der Waals surface area contributed by atoms with Gasteiger partial charge in [-0.15, -0.1) is 0 Å². The molecule has 0 saturated carbocycles. The van der Waals surface area contributed by atoms with Crippen molar-refractivity contribution >= 4 is 17.5 Å². The highest BCUT2D eigenvalue weighted by molar-refractivity contribution is 5.70. The van der Waals surface area contributed by atoms with Crippen LogP contribution in [0.2, 0.25) is 0 Å². The lowest BCUT2D eigenvalue weighted by atomic mass is 10.1. The van der Waals surface area contributed by atoms with Gasteiger partial charge in [-0.05, 0) is 29.8 Å². The van der Waals surface area contributed by atoms with E-state index in [1.54, 1.807) is 0 Å². The summed E-state index contributed by atoms with van der Waals surface area (Å²) in [6, 6.07) is 19.0. The summed E-state index contributed by atoms with van der Waals surface area (Å²) in [6.45, 7) is 4.49. The van der Waals surface area contributed by atoms with Crippen LogP contribution in [0.1, 0.15) is 11.6 Å². The summed E-state index contributed by atoms with van der Waals surface area (Å²) in [4.78, 5) is 16.0. The average molecular weight is 323 g/mol. The van der Waals surface area contributed by atoms with Gasteiger partial charge in [0.15, 0.2) is 0 Å². The Bertz CT molecular complexity index is 694. The molecule has 2 fully saturated rings. The van der Waals surface area contributed by atoms with Crippen molar-refractivity contribution in [1.29, 1.82) is 0 Å². The van der Waals surface area contributed by atoms with Crippen LogP contribution in [0, 0.1) is 0 Å². The van der Waals surface area contributed by atoms with Crippen LogP contribution in [-0.4, -0.2) is 38.9 Å². The first-order valence-corrected chi connectivity index (χ1v) is 8.38. The maximum absolute atomic E-state index is 11.1. The van der Waals surface area contributed by atoms with Crippen molar-refractivity contribution in [3.8, 4) is 0 Å². The van der Waals surface area contributed by atoms with Gasteiger partial charge in [0.05, 0.1) is 6.04 Å². The molecule has 2 aliphatic heterocycles. The molecule has 124 valence electrons. The molecule has 24 heavy (non-hydrogen) atoms. The summed E-state index contributed by atoms with van der Waals surface area (Å²) in [6.07, 6.45) is -0.332. The maximum Gasteiger partial charge on any atom is 0.407 e. The smallest absolute Gasteiger partial charge is 0.407 e. The van der Waals surface area contributed by atoms with Crippen molar-refractivity contribution in [3.63, 3.8) is 0 Å². The first-order valence-electron chi connectivity index (χ1n) is 8.38. The second-order valence-corrected chi connectivity index (χ2v) is 6.20. The molecule has 5 heteroatoms. The molecule has 1 amide bonds. The number of benzene rings is 2. The lowest BCUT2D eigenvalue weighted by molar-refractivity contribution is 0.177. The maximum atomic E-state index is 11.1. The van der Waals surface area contributed by atoms with E-state index in [2.05, 4.69) is 69.7 Å². The molecule has 0 aliphatic carbocycles. The highest BCUT2D eigenvalue weighted by Crippen LogP contribution is 2.24. The molecular weight excluding hydrogens is 302 g/mol. The molecule has 0 aromatic heterocycles. The number of piperazine rings is 1. The Morgan fingerprint density at radius 3 is 1.96 bits per heavy atom. The van der Waals surface area contributed by atoms with E-state index in [9.17, 15) is 4.79 Å². The predicted molar refractivity (Wildman–Crippen MR) is 94.5 cm³/mol. The Morgan fingerprint density at radius 1 is 0.833 bits per heavy atom. The first kappa shape index (κ1) is 14.9.